The largest absolute Gasteiger partial charge is 0.493 e. The summed E-state index contributed by atoms with van der Waals surface area (Å²) in [6.07, 6.45) is 8.77. The van der Waals surface area contributed by atoms with Crippen LogP contribution in [0, 0.1) is 17.8 Å². The lowest BCUT2D eigenvalue weighted by Crippen LogP contribution is -2.24. The Bertz CT molecular complexity index is 709. The van der Waals surface area contributed by atoms with Crippen LogP contribution in [0.25, 0.3) is 5.70 Å². The van der Waals surface area contributed by atoms with E-state index >= 15 is 0 Å². The lowest BCUT2D eigenvalue weighted by atomic mass is 9.85. The van der Waals surface area contributed by atoms with Gasteiger partial charge in [0.05, 0.1) is 14.2 Å². The molecule has 1 aromatic carbocycles. The molecule has 3 atom stereocenters. The Morgan fingerprint density at radius 3 is 2.68 bits per heavy atom. The average Bonchev–Trinajstić information content (AvgIpc) is 3.23. The zero-order valence-corrected chi connectivity index (χ0v) is 15.1. The van der Waals surface area contributed by atoms with Crippen molar-refractivity contribution in [2.75, 3.05) is 20.8 Å². The predicted octanol–water partition coefficient (Wildman–Crippen LogP) is 3.59. The number of carbonyl (C=O) groups excluding carboxylic acids is 1. The third-order valence-corrected chi connectivity index (χ3v) is 6.26. The molecule has 25 heavy (non-hydrogen) atoms. The van der Waals surface area contributed by atoms with Gasteiger partial charge in [-0.15, -0.1) is 0 Å². The summed E-state index contributed by atoms with van der Waals surface area (Å²) >= 11 is 0. The molecule has 2 bridgehead atoms. The summed E-state index contributed by atoms with van der Waals surface area (Å²) in [6, 6.07) is 4.01. The van der Waals surface area contributed by atoms with Gasteiger partial charge in [-0.3, -0.25) is 4.79 Å². The molecule has 0 saturated heterocycles. The smallest absolute Gasteiger partial charge is 0.161 e. The molecule has 1 aromatic rings. The minimum atomic E-state index is 0.252. The topological polar surface area (TPSA) is 47.6 Å². The van der Waals surface area contributed by atoms with E-state index in [9.17, 15) is 4.79 Å². The molecular formula is C21H27NO3. The molecule has 2 aliphatic carbocycles. The van der Waals surface area contributed by atoms with Gasteiger partial charge in [-0.2, -0.15) is 0 Å². The van der Waals surface area contributed by atoms with E-state index < -0.39 is 0 Å². The molecule has 1 N–H and O–H groups in total. The number of hydrogen-bond donors (Lipinski definition) is 1. The second-order valence-electron chi connectivity index (χ2n) is 7.70. The first-order chi connectivity index (χ1) is 12.2. The number of methoxy groups -OCH3 is 2. The lowest BCUT2D eigenvalue weighted by Gasteiger charge is -2.24. The number of rotatable bonds is 5. The van der Waals surface area contributed by atoms with E-state index in [2.05, 4.69) is 5.32 Å². The van der Waals surface area contributed by atoms with Crippen molar-refractivity contribution in [1.29, 1.82) is 0 Å². The third-order valence-electron chi connectivity index (χ3n) is 6.26. The van der Waals surface area contributed by atoms with Crippen molar-refractivity contribution in [1.82, 2.24) is 5.32 Å². The minimum absolute atomic E-state index is 0.252. The van der Waals surface area contributed by atoms with Crippen molar-refractivity contribution in [3.63, 3.8) is 0 Å². The summed E-state index contributed by atoms with van der Waals surface area (Å²) in [4.78, 5) is 12.7. The number of carbonyl (C=O) groups is 1. The number of fused-ring (bicyclic) bond motifs is 3. The summed E-state index contributed by atoms with van der Waals surface area (Å²) in [5.41, 5.74) is 3.19. The number of nitrogens with one attached hydrogen (secondary N) is 1. The zero-order chi connectivity index (χ0) is 17.4. The maximum Gasteiger partial charge on any atom is 0.161 e. The molecule has 1 aliphatic heterocycles. The van der Waals surface area contributed by atoms with Crippen LogP contribution in [0.1, 0.15) is 43.2 Å². The third kappa shape index (κ3) is 3.14. The fourth-order valence-electron chi connectivity index (χ4n) is 5.04. The Morgan fingerprint density at radius 2 is 2.00 bits per heavy atom. The van der Waals surface area contributed by atoms with Crippen molar-refractivity contribution < 1.29 is 14.3 Å². The SMILES string of the molecule is COc1cc2c(cc1OC)C(=CC(=O)CC1CC3CCC1C3)NCC2. The van der Waals surface area contributed by atoms with Gasteiger partial charge in [0.2, 0.25) is 0 Å². The number of ether oxygens (including phenoxy) is 2. The summed E-state index contributed by atoms with van der Waals surface area (Å²) in [5.74, 6) is 4.00. The fraction of sp³-hybridized carbons (Fsp3) is 0.571. The van der Waals surface area contributed by atoms with Crippen LogP contribution in [0.3, 0.4) is 0 Å². The summed E-state index contributed by atoms with van der Waals surface area (Å²) in [5, 5.41) is 3.40. The van der Waals surface area contributed by atoms with E-state index in [1.165, 1.54) is 31.2 Å². The highest BCUT2D eigenvalue weighted by atomic mass is 16.5. The van der Waals surface area contributed by atoms with Gasteiger partial charge in [0.25, 0.3) is 0 Å². The average molecular weight is 341 g/mol. The molecule has 1 heterocycles. The lowest BCUT2D eigenvalue weighted by molar-refractivity contribution is -0.115. The minimum Gasteiger partial charge on any atom is -0.493 e. The van der Waals surface area contributed by atoms with Crippen LogP contribution in [0.4, 0.5) is 0 Å². The second-order valence-corrected chi connectivity index (χ2v) is 7.70. The first-order valence-electron chi connectivity index (χ1n) is 9.41. The molecule has 0 radical (unpaired) electrons. The Kier molecular flexibility index (Phi) is 4.45. The highest BCUT2D eigenvalue weighted by Crippen LogP contribution is 2.49. The molecule has 2 fully saturated rings. The predicted molar refractivity (Wildman–Crippen MR) is 97.8 cm³/mol. The molecule has 4 heteroatoms. The Morgan fingerprint density at radius 1 is 1.20 bits per heavy atom. The molecule has 4 rings (SSSR count). The molecule has 0 amide bonds. The molecule has 2 saturated carbocycles. The molecule has 3 aliphatic rings. The second kappa shape index (κ2) is 6.74. The van der Waals surface area contributed by atoms with Gasteiger partial charge in [0, 0.05) is 30.3 Å². The van der Waals surface area contributed by atoms with Crippen LogP contribution in [-0.2, 0) is 11.2 Å². The van der Waals surface area contributed by atoms with Gasteiger partial charge in [-0.05, 0) is 61.1 Å². The highest BCUT2D eigenvalue weighted by Gasteiger charge is 2.39. The Balaban J connectivity index is 1.55. The summed E-state index contributed by atoms with van der Waals surface area (Å²) in [6.45, 7) is 0.843. The van der Waals surface area contributed by atoms with Crippen LogP contribution in [0.2, 0.25) is 0 Å². The number of benzene rings is 1. The summed E-state index contributed by atoms with van der Waals surface area (Å²) < 4.78 is 10.8. The van der Waals surface area contributed by atoms with Crippen LogP contribution < -0.4 is 14.8 Å². The maximum absolute atomic E-state index is 12.7. The zero-order valence-electron chi connectivity index (χ0n) is 15.1. The standard InChI is InChI=1S/C21H27NO3/c1-24-20-10-15-5-6-22-19(18(15)12-21(20)25-2)11-17(23)9-16-8-13-3-4-14(16)7-13/h10-14,16,22H,3-9H2,1-2H3. The van der Waals surface area contributed by atoms with Gasteiger partial charge in [0.1, 0.15) is 0 Å². The number of ketones is 1. The maximum atomic E-state index is 12.7. The van der Waals surface area contributed by atoms with Gasteiger partial charge >= 0.3 is 0 Å². The summed E-state index contributed by atoms with van der Waals surface area (Å²) in [7, 11) is 3.30. The van der Waals surface area contributed by atoms with E-state index in [4.69, 9.17) is 9.47 Å². The molecule has 134 valence electrons. The van der Waals surface area contributed by atoms with Crippen LogP contribution in [0.5, 0.6) is 11.5 Å². The van der Waals surface area contributed by atoms with E-state index in [1.807, 2.05) is 18.2 Å². The normalized spacial score (nSPS) is 28.6. The first kappa shape index (κ1) is 16.5. The van der Waals surface area contributed by atoms with E-state index in [0.717, 1.165) is 41.8 Å². The quantitative estimate of drug-likeness (QED) is 0.832. The van der Waals surface area contributed by atoms with Gasteiger partial charge < -0.3 is 14.8 Å². The van der Waals surface area contributed by atoms with Gasteiger partial charge in [0.15, 0.2) is 17.3 Å². The molecular weight excluding hydrogens is 314 g/mol. The van der Waals surface area contributed by atoms with Crippen molar-refractivity contribution >= 4 is 11.5 Å². The highest BCUT2D eigenvalue weighted by molar-refractivity contribution is 5.97. The van der Waals surface area contributed by atoms with Crippen molar-refractivity contribution in [2.24, 2.45) is 17.8 Å². The van der Waals surface area contributed by atoms with Crippen LogP contribution in [-0.4, -0.2) is 26.5 Å². The van der Waals surface area contributed by atoms with Gasteiger partial charge in [-0.1, -0.05) is 6.42 Å². The Hall–Kier alpha value is -1.97. The molecule has 0 aromatic heterocycles. The monoisotopic (exact) mass is 341 g/mol. The van der Waals surface area contributed by atoms with Crippen molar-refractivity contribution in [3.05, 3.63) is 29.3 Å². The fourth-order valence-corrected chi connectivity index (χ4v) is 5.04. The number of allylic oxidation sites excluding steroid dienone is 1. The Labute approximate surface area is 149 Å². The molecule has 4 nitrogen and oxygen atoms in total. The van der Waals surface area contributed by atoms with E-state index in [1.54, 1.807) is 14.2 Å². The van der Waals surface area contributed by atoms with Crippen LogP contribution in [0.15, 0.2) is 18.2 Å². The van der Waals surface area contributed by atoms with E-state index in [0.29, 0.717) is 18.1 Å². The van der Waals surface area contributed by atoms with Gasteiger partial charge in [-0.25, -0.2) is 0 Å². The van der Waals surface area contributed by atoms with Crippen LogP contribution >= 0.6 is 0 Å². The number of hydrogen-bond acceptors (Lipinski definition) is 4. The molecule has 0 spiro atoms. The van der Waals surface area contributed by atoms with Crippen molar-refractivity contribution in [3.8, 4) is 11.5 Å². The van der Waals surface area contributed by atoms with E-state index in [-0.39, 0.29) is 5.78 Å². The van der Waals surface area contributed by atoms with Crippen molar-refractivity contribution in [2.45, 2.75) is 38.5 Å². The first-order valence-corrected chi connectivity index (χ1v) is 9.41. The molecule has 3 unspecified atom stereocenters.